The molecular weight excluding hydrogens is 325 g/mol. The first-order valence-corrected chi connectivity index (χ1v) is 6.72. The summed E-state index contributed by atoms with van der Waals surface area (Å²) in [5.74, 6) is -0.282. The maximum atomic E-state index is 13.6. The molecule has 4 nitrogen and oxygen atoms in total. The van der Waals surface area contributed by atoms with E-state index in [-0.39, 0.29) is 11.6 Å². The molecule has 1 amide bonds. The van der Waals surface area contributed by atoms with Gasteiger partial charge in [0.1, 0.15) is 11.6 Å². The summed E-state index contributed by atoms with van der Waals surface area (Å²) in [6.07, 6.45) is 0. The summed E-state index contributed by atoms with van der Waals surface area (Å²) in [5, 5.41) is 5.42. The van der Waals surface area contributed by atoms with Gasteiger partial charge in [0.2, 0.25) is 0 Å². The Hall–Kier alpha value is -1.95. The number of rotatable bonds is 3. The van der Waals surface area contributed by atoms with Crippen molar-refractivity contribution >= 4 is 33.3 Å². The van der Waals surface area contributed by atoms with Gasteiger partial charge < -0.3 is 10.6 Å². The van der Waals surface area contributed by atoms with E-state index in [4.69, 9.17) is 0 Å². The van der Waals surface area contributed by atoms with Gasteiger partial charge in [0.25, 0.3) is 5.91 Å². The highest BCUT2D eigenvalue weighted by atomic mass is 79.9. The fourth-order valence-corrected chi connectivity index (χ4v) is 2.08. The molecule has 0 spiro atoms. The summed E-state index contributed by atoms with van der Waals surface area (Å²) < 4.78 is 14.3. The van der Waals surface area contributed by atoms with Crippen molar-refractivity contribution in [2.75, 3.05) is 17.7 Å². The monoisotopic (exact) mass is 337 g/mol. The van der Waals surface area contributed by atoms with E-state index in [9.17, 15) is 9.18 Å². The van der Waals surface area contributed by atoms with Crippen molar-refractivity contribution in [3.05, 3.63) is 51.9 Å². The first kappa shape index (κ1) is 14.5. The Kier molecular flexibility index (Phi) is 4.34. The predicted octanol–water partition coefficient (Wildman–Crippen LogP) is 3.59. The lowest BCUT2D eigenvalue weighted by atomic mass is 10.2. The normalized spacial score (nSPS) is 10.2. The van der Waals surface area contributed by atoms with E-state index in [1.807, 2.05) is 0 Å². The molecule has 0 atom stereocenters. The molecule has 0 aliphatic heterocycles. The average molecular weight is 338 g/mol. The van der Waals surface area contributed by atoms with Crippen LogP contribution in [0, 0.1) is 12.7 Å². The fraction of sp³-hybridized carbons (Fsp3) is 0.143. The van der Waals surface area contributed by atoms with Gasteiger partial charge in [0.05, 0.1) is 5.69 Å². The van der Waals surface area contributed by atoms with Crippen molar-refractivity contribution in [2.24, 2.45) is 0 Å². The Bertz CT molecular complexity index is 661. The van der Waals surface area contributed by atoms with Gasteiger partial charge >= 0.3 is 0 Å². The summed E-state index contributed by atoms with van der Waals surface area (Å²) in [4.78, 5) is 16.4. The van der Waals surface area contributed by atoms with Crippen molar-refractivity contribution < 1.29 is 9.18 Å². The Labute approximate surface area is 124 Å². The number of hydrogen-bond donors (Lipinski definition) is 2. The maximum absolute atomic E-state index is 13.6. The molecule has 0 fully saturated rings. The fourth-order valence-electron chi connectivity index (χ4n) is 1.72. The zero-order valence-electron chi connectivity index (χ0n) is 11.0. The Morgan fingerprint density at radius 1 is 1.30 bits per heavy atom. The molecule has 0 saturated heterocycles. The van der Waals surface area contributed by atoms with E-state index in [1.54, 1.807) is 32.2 Å². The van der Waals surface area contributed by atoms with Crippen molar-refractivity contribution in [1.82, 2.24) is 4.98 Å². The van der Waals surface area contributed by atoms with Crippen LogP contribution in [0.3, 0.4) is 0 Å². The molecule has 6 heteroatoms. The largest absolute Gasteiger partial charge is 0.373 e. The number of aromatic nitrogens is 1. The van der Waals surface area contributed by atoms with E-state index < -0.39 is 5.82 Å². The van der Waals surface area contributed by atoms with E-state index in [1.165, 1.54) is 12.1 Å². The predicted molar refractivity (Wildman–Crippen MR) is 80.6 cm³/mol. The summed E-state index contributed by atoms with van der Waals surface area (Å²) >= 11 is 3.24. The molecule has 1 heterocycles. The second-order valence-corrected chi connectivity index (χ2v) is 5.13. The van der Waals surface area contributed by atoms with Crippen LogP contribution in [0.15, 0.2) is 34.8 Å². The third kappa shape index (κ3) is 3.33. The third-order valence-corrected chi connectivity index (χ3v) is 3.14. The number of aryl methyl sites for hydroxylation is 1. The second-order valence-electron chi connectivity index (χ2n) is 4.21. The lowest BCUT2D eigenvalue weighted by Gasteiger charge is -2.09. The lowest BCUT2D eigenvalue weighted by Crippen LogP contribution is -2.14. The molecule has 0 saturated carbocycles. The topological polar surface area (TPSA) is 54.0 Å². The van der Waals surface area contributed by atoms with E-state index >= 15 is 0 Å². The lowest BCUT2D eigenvalue weighted by molar-refractivity contribution is 0.102. The first-order valence-electron chi connectivity index (χ1n) is 5.92. The molecular formula is C14H13BrFN3O. The SMILES string of the molecule is CNc1cc(C(=O)Nc2cc(Br)ccc2F)cc(C)n1. The van der Waals surface area contributed by atoms with Crippen molar-refractivity contribution in [3.8, 4) is 0 Å². The number of benzene rings is 1. The van der Waals surface area contributed by atoms with E-state index in [2.05, 4.69) is 31.5 Å². The highest BCUT2D eigenvalue weighted by Crippen LogP contribution is 2.21. The zero-order chi connectivity index (χ0) is 14.7. The molecule has 1 aromatic heterocycles. The molecule has 104 valence electrons. The number of nitrogens with zero attached hydrogens (tertiary/aromatic N) is 1. The van der Waals surface area contributed by atoms with Gasteiger partial charge in [0, 0.05) is 22.8 Å². The summed E-state index contributed by atoms with van der Waals surface area (Å²) in [6, 6.07) is 7.63. The van der Waals surface area contributed by atoms with Crippen molar-refractivity contribution in [2.45, 2.75) is 6.92 Å². The van der Waals surface area contributed by atoms with Crippen LogP contribution >= 0.6 is 15.9 Å². The number of pyridine rings is 1. The molecule has 0 aliphatic rings. The molecule has 2 rings (SSSR count). The van der Waals surface area contributed by atoms with Crippen molar-refractivity contribution in [1.29, 1.82) is 0 Å². The number of amides is 1. The standard InChI is InChI=1S/C14H13BrFN3O/c1-8-5-9(6-13(17-2)18-8)14(20)19-12-7-10(15)3-4-11(12)16/h3-7H,1-2H3,(H,17,18)(H,19,20). The quantitative estimate of drug-likeness (QED) is 0.899. The van der Waals surface area contributed by atoms with Gasteiger partial charge in [-0.1, -0.05) is 15.9 Å². The minimum atomic E-state index is -0.485. The number of anilines is 2. The van der Waals surface area contributed by atoms with Crippen LogP contribution in [0.1, 0.15) is 16.1 Å². The van der Waals surface area contributed by atoms with Gasteiger partial charge in [0.15, 0.2) is 0 Å². The molecule has 2 aromatic rings. The summed E-state index contributed by atoms with van der Waals surface area (Å²) in [5.41, 5.74) is 1.25. The maximum Gasteiger partial charge on any atom is 0.255 e. The number of hydrogen-bond acceptors (Lipinski definition) is 3. The minimum absolute atomic E-state index is 0.129. The van der Waals surface area contributed by atoms with Crippen molar-refractivity contribution in [3.63, 3.8) is 0 Å². The van der Waals surface area contributed by atoms with Crippen LogP contribution < -0.4 is 10.6 Å². The van der Waals surface area contributed by atoms with E-state index in [0.717, 1.165) is 0 Å². The molecule has 2 N–H and O–H groups in total. The van der Waals surface area contributed by atoms with Crippen LogP contribution in [0.2, 0.25) is 0 Å². The highest BCUT2D eigenvalue weighted by molar-refractivity contribution is 9.10. The van der Waals surface area contributed by atoms with Crippen LogP contribution in [-0.2, 0) is 0 Å². The highest BCUT2D eigenvalue weighted by Gasteiger charge is 2.11. The van der Waals surface area contributed by atoms with Crippen LogP contribution in [-0.4, -0.2) is 17.9 Å². The number of halogens is 2. The first-order chi connectivity index (χ1) is 9.49. The molecule has 0 aliphatic carbocycles. The Morgan fingerprint density at radius 2 is 2.05 bits per heavy atom. The summed E-state index contributed by atoms with van der Waals surface area (Å²) in [7, 11) is 1.72. The Balaban J connectivity index is 2.28. The van der Waals surface area contributed by atoms with Crippen LogP contribution in [0.5, 0.6) is 0 Å². The zero-order valence-corrected chi connectivity index (χ0v) is 12.6. The van der Waals surface area contributed by atoms with Gasteiger partial charge in [-0.3, -0.25) is 4.79 Å². The Morgan fingerprint density at radius 3 is 2.75 bits per heavy atom. The van der Waals surface area contributed by atoms with E-state index in [0.29, 0.717) is 21.5 Å². The number of carbonyl (C=O) groups excluding carboxylic acids is 1. The van der Waals surface area contributed by atoms with Crippen LogP contribution in [0.4, 0.5) is 15.9 Å². The second kappa shape index (κ2) is 6.00. The number of carbonyl (C=O) groups is 1. The third-order valence-electron chi connectivity index (χ3n) is 2.65. The molecule has 0 unspecified atom stereocenters. The van der Waals surface area contributed by atoms with Gasteiger partial charge in [-0.05, 0) is 37.3 Å². The minimum Gasteiger partial charge on any atom is -0.373 e. The van der Waals surface area contributed by atoms with Crippen LogP contribution in [0.25, 0.3) is 0 Å². The average Bonchev–Trinajstić information content (AvgIpc) is 2.42. The smallest absolute Gasteiger partial charge is 0.255 e. The molecule has 20 heavy (non-hydrogen) atoms. The molecule has 1 aromatic carbocycles. The van der Waals surface area contributed by atoms with Gasteiger partial charge in [-0.15, -0.1) is 0 Å². The number of nitrogens with one attached hydrogen (secondary N) is 2. The van der Waals surface area contributed by atoms with Gasteiger partial charge in [-0.25, -0.2) is 9.37 Å². The molecule has 0 radical (unpaired) electrons. The molecule has 0 bridgehead atoms. The summed E-state index contributed by atoms with van der Waals surface area (Å²) in [6.45, 7) is 1.79. The van der Waals surface area contributed by atoms with Gasteiger partial charge in [-0.2, -0.15) is 0 Å².